The van der Waals surface area contributed by atoms with Gasteiger partial charge in [-0.1, -0.05) is 17.7 Å². The third-order valence-electron chi connectivity index (χ3n) is 4.82. The molecule has 144 valence electrons. The molecule has 6 nitrogen and oxygen atoms in total. The normalized spacial score (nSPS) is 17.4. The average Bonchev–Trinajstić information content (AvgIpc) is 2.69. The van der Waals surface area contributed by atoms with E-state index in [-0.39, 0.29) is 22.8 Å². The maximum absolute atomic E-state index is 12.7. The largest absolute Gasteiger partial charge is 0.349 e. The van der Waals surface area contributed by atoms with Crippen LogP contribution in [0.5, 0.6) is 0 Å². The number of piperidine rings is 1. The lowest BCUT2D eigenvalue weighted by Gasteiger charge is -2.31. The number of aromatic nitrogens is 1. The van der Waals surface area contributed by atoms with Crippen molar-refractivity contribution in [3.05, 3.63) is 59.4 Å². The van der Waals surface area contributed by atoms with Crippen molar-refractivity contribution in [2.24, 2.45) is 5.92 Å². The first-order chi connectivity index (χ1) is 12.9. The van der Waals surface area contributed by atoms with Crippen LogP contribution >= 0.6 is 11.6 Å². The minimum Gasteiger partial charge on any atom is -0.349 e. The van der Waals surface area contributed by atoms with Crippen LogP contribution in [0.4, 0.5) is 0 Å². The predicted molar refractivity (Wildman–Crippen MR) is 104 cm³/mol. The van der Waals surface area contributed by atoms with Gasteiger partial charge in [0, 0.05) is 36.4 Å². The molecule has 0 spiro atoms. The lowest BCUT2D eigenvalue weighted by atomic mass is 9.96. The number of carbonyl (C=O) groups excluding carboxylic acids is 1. The van der Waals surface area contributed by atoms with Gasteiger partial charge in [0.25, 0.3) is 0 Å². The molecule has 1 aliphatic heterocycles. The van der Waals surface area contributed by atoms with Gasteiger partial charge in [-0.15, -0.1) is 0 Å². The first kappa shape index (κ1) is 19.8. The highest BCUT2D eigenvalue weighted by molar-refractivity contribution is 7.89. The number of nitrogens with one attached hydrogen (secondary N) is 1. The molecule has 1 aromatic carbocycles. The second kappa shape index (κ2) is 8.37. The third-order valence-corrected chi connectivity index (χ3v) is 6.98. The van der Waals surface area contributed by atoms with E-state index >= 15 is 0 Å². The number of hydrogen-bond acceptors (Lipinski definition) is 4. The quantitative estimate of drug-likeness (QED) is 0.826. The van der Waals surface area contributed by atoms with Gasteiger partial charge in [0.1, 0.15) is 0 Å². The highest BCUT2D eigenvalue weighted by atomic mass is 35.5. The van der Waals surface area contributed by atoms with Crippen LogP contribution in [0, 0.1) is 5.92 Å². The average molecular weight is 408 g/mol. The van der Waals surface area contributed by atoms with Crippen LogP contribution in [-0.4, -0.2) is 36.7 Å². The Morgan fingerprint density at radius 2 is 1.89 bits per heavy atom. The van der Waals surface area contributed by atoms with Gasteiger partial charge in [0.05, 0.1) is 10.9 Å². The molecule has 27 heavy (non-hydrogen) atoms. The number of pyridine rings is 1. The molecular weight excluding hydrogens is 386 g/mol. The molecular formula is C19H22ClN3O3S. The lowest BCUT2D eigenvalue weighted by molar-refractivity contribution is -0.126. The smallest absolute Gasteiger partial charge is 0.243 e. The summed E-state index contributed by atoms with van der Waals surface area (Å²) in [6.45, 7) is 2.56. The molecule has 0 radical (unpaired) electrons. The second-order valence-electron chi connectivity index (χ2n) is 6.65. The van der Waals surface area contributed by atoms with E-state index in [1.165, 1.54) is 16.4 Å². The van der Waals surface area contributed by atoms with E-state index in [1.54, 1.807) is 24.5 Å². The molecule has 1 aromatic heterocycles. The summed E-state index contributed by atoms with van der Waals surface area (Å²) in [4.78, 5) is 16.8. The number of nitrogens with zero attached hydrogens (tertiary/aromatic N) is 2. The Bertz CT molecular complexity index is 880. The van der Waals surface area contributed by atoms with Crippen molar-refractivity contribution in [2.75, 3.05) is 13.1 Å². The van der Waals surface area contributed by atoms with E-state index in [2.05, 4.69) is 10.3 Å². The Labute approximate surface area is 164 Å². The van der Waals surface area contributed by atoms with Crippen molar-refractivity contribution in [3.63, 3.8) is 0 Å². The zero-order valence-electron chi connectivity index (χ0n) is 15.0. The topological polar surface area (TPSA) is 79.4 Å². The summed E-state index contributed by atoms with van der Waals surface area (Å²) in [6, 6.07) is 9.75. The maximum Gasteiger partial charge on any atom is 0.243 e. The number of sulfonamides is 1. The van der Waals surface area contributed by atoms with Gasteiger partial charge in [-0.3, -0.25) is 9.78 Å². The van der Waals surface area contributed by atoms with Gasteiger partial charge < -0.3 is 5.32 Å². The van der Waals surface area contributed by atoms with Crippen LogP contribution in [-0.2, 0) is 14.8 Å². The second-order valence-corrected chi connectivity index (χ2v) is 9.02. The summed E-state index contributed by atoms with van der Waals surface area (Å²) in [5, 5.41) is 3.49. The van der Waals surface area contributed by atoms with Crippen LogP contribution in [0.15, 0.2) is 53.7 Å². The Kier molecular flexibility index (Phi) is 6.14. The summed E-state index contributed by atoms with van der Waals surface area (Å²) in [6.07, 6.45) is 4.41. The molecule has 3 rings (SSSR count). The van der Waals surface area contributed by atoms with E-state index in [0.29, 0.717) is 31.0 Å². The predicted octanol–water partition coefficient (Wildman–Crippen LogP) is 3.01. The van der Waals surface area contributed by atoms with Crippen molar-refractivity contribution < 1.29 is 13.2 Å². The van der Waals surface area contributed by atoms with Crippen molar-refractivity contribution in [1.29, 1.82) is 0 Å². The van der Waals surface area contributed by atoms with Crippen LogP contribution < -0.4 is 5.32 Å². The van der Waals surface area contributed by atoms with Crippen molar-refractivity contribution in [3.8, 4) is 0 Å². The molecule has 1 aliphatic rings. The molecule has 8 heteroatoms. The number of hydrogen-bond donors (Lipinski definition) is 1. The van der Waals surface area contributed by atoms with Gasteiger partial charge >= 0.3 is 0 Å². The highest BCUT2D eigenvalue weighted by Gasteiger charge is 2.32. The molecule has 1 atom stereocenters. The third kappa shape index (κ3) is 4.66. The Morgan fingerprint density at radius 1 is 1.22 bits per heavy atom. The molecule has 1 unspecified atom stereocenters. The number of rotatable bonds is 5. The first-order valence-corrected chi connectivity index (χ1v) is 10.7. The van der Waals surface area contributed by atoms with Crippen molar-refractivity contribution >= 4 is 27.5 Å². The number of amides is 1. The Balaban J connectivity index is 1.58. The molecule has 2 heterocycles. The fourth-order valence-electron chi connectivity index (χ4n) is 3.16. The fourth-order valence-corrected chi connectivity index (χ4v) is 4.76. The van der Waals surface area contributed by atoms with E-state index < -0.39 is 10.0 Å². The molecule has 1 fully saturated rings. The van der Waals surface area contributed by atoms with Gasteiger partial charge in [0.15, 0.2) is 0 Å². The van der Waals surface area contributed by atoms with Crippen LogP contribution in [0.3, 0.4) is 0 Å². The molecule has 0 aliphatic carbocycles. The summed E-state index contributed by atoms with van der Waals surface area (Å²) in [7, 11) is -3.56. The zero-order chi connectivity index (χ0) is 19.4. The monoisotopic (exact) mass is 407 g/mol. The fraction of sp³-hybridized carbons (Fsp3) is 0.368. The molecule has 0 bridgehead atoms. The highest BCUT2D eigenvalue weighted by Crippen LogP contribution is 2.25. The lowest BCUT2D eigenvalue weighted by Crippen LogP contribution is -2.43. The molecule has 2 aromatic rings. The first-order valence-electron chi connectivity index (χ1n) is 8.84. The minimum atomic E-state index is -3.56. The SMILES string of the molecule is CC(NC(=O)C1CCN(S(=O)(=O)c2ccc(Cl)cc2)CC1)c1cccnc1. The molecule has 1 N–H and O–H groups in total. The van der Waals surface area contributed by atoms with Gasteiger partial charge in [-0.05, 0) is 55.7 Å². The molecule has 1 saturated heterocycles. The minimum absolute atomic E-state index is 0.0464. The standard InChI is InChI=1S/C19H22ClN3O3S/c1-14(16-3-2-10-21-13-16)22-19(24)15-8-11-23(12-9-15)27(25,26)18-6-4-17(20)5-7-18/h2-7,10,13-15H,8-9,11-12H2,1H3,(H,22,24). The number of halogens is 1. The van der Waals surface area contributed by atoms with Crippen LogP contribution in [0.1, 0.15) is 31.4 Å². The van der Waals surface area contributed by atoms with Crippen LogP contribution in [0.25, 0.3) is 0 Å². The van der Waals surface area contributed by atoms with Gasteiger partial charge in [-0.2, -0.15) is 4.31 Å². The van der Waals surface area contributed by atoms with Crippen molar-refractivity contribution in [1.82, 2.24) is 14.6 Å². The maximum atomic E-state index is 12.7. The zero-order valence-corrected chi connectivity index (χ0v) is 16.6. The molecule has 0 saturated carbocycles. The van der Waals surface area contributed by atoms with E-state index in [0.717, 1.165) is 5.56 Å². The van der Waals surface area contributed by atoms with E-state index in [9.17, 15) is 13.2 Å². The number of benzene rings is 1. The van der Waals surface area contributed by atoms with Gasteiger partial charge in [-0.25, -0.2) is 8.42 Å². The van der Waals surface area contributed by atoms with Gasteiger partial charge in [0.2, 0.25) is 15.9 Å². The summed E-state index contributed by atoms with van der Waals surface area (Å²) >= 11 is 5.83. The van der Waals surface area contributed by atoms with E-state index in [4.69, 9.17) is 11.6 Å². The van der Waals surface area contributed by atoms with E-state index in [1.807, 2.05) is 19.1 Å². The Hall–Kier alpha value is -1.96. The summed E-state index contributed by atoms with van der Waals surface area (Å²) in [5.74, 6) is -0.240. The summed E-state index contributed by atoms with van der Waals surface area (Å²) in [5.41, 5.74) is 0.939. The summed E-state index contributed by atoms with van der Waals surface area (Å²) < 4.78 is 26.9. The Morgan fingerprint density at radius 3 is 2.48 bits per heavy atom. The van der Waals surface area contributed by atoms with Crippen molar-refractivity contribution in [2.45, 2.75) is 30.7 Å². The molecule has 1 amide bonds. The number of carbonyl (C=O) groups is 1. The van der Waals surface area contributed by atoms with Crippen LogP contribution in [0.2, 0.25) is 5.02 Å².